The fourth-order valence-corrected chi connectivity index (χ4v) is 1.22. The predicted molar refractivity (Wildman–Crippen MR) is 50.2 cm³/mol. The highest BCUT2D eigenvalue weighted by Crippen LogP contribution is 2.05. The van der Waals surface area contributed by atoms with Gasteiger partial charge in [0.05, 0.1) is 0 Å². The van der Waals surface area contributed by atoms with Crippen LogP contribution in [0.4, 0.5) is 0 Å². The minimum atomic E-state index is -0.550. The van der Waals surface area contributed by atoms with E-state index in [1.807, 2.05) is 0 Å². The smallest absolute Gasteiger partial charge is 0.269 e. The van der Waals surface area contributed by atoms with Crippen LogP contribution in [0.3, 0.4) is 0 Å². The molecule has 0 aliphatic carbocycles. The minimum Gasteiger partial charge on any atom is -0.481 e. The van der Waals surface area contributed by atoms with Gasteiger partial charge in [-0.25, -0.2) is 0 Å². The second-order valence-electron chi connectivity index (χ2n) is 2.45. The fraction of sp³-hybridized carbons (Fsp3) is 0.750. The summed E-state index contributed by atoms with van der Waals surface area (Å²) >= 11 is 3.35. The normalized spacial score (nSPS) is 9.55. The Labute approximate surface area is 76.1 Å². The standard InChI is InChI=1S/C8H15BrO2/c9-7-5-3-1-2-4-6-8(10)11/h6,10-11H,1-5,7H2. The lowest BCUT2D eigenvalue weighted by Crippen LogP contribution is -1.80. The maximum Gasteiger partial charge on any atom is 0.269 e. The van der Waals surface area contributed by atoms with E-state index >= 15 is 0 Å². The van der Waals surface area contributed by atoms with Crippen molar-refractivity contribution in [1.82, 2.24) is 0 Å². The van der Waals surface area contributed by atoms with E-state index in [1.165, 1.54) is 18.9 Å². The first-order chi connectivity index (χ1) is 5.27. The molecule has 0 atom stereocenters. The zero-order chi connectivity index (χ0) is 8.53. The van der Waals surface area contributed by atoms with Crippen molar-refractivity contribution in [3.63, 3.8) is 0 Å². The van der Waals surface area contributed by atoms with Crippen LogP contribution >= 0.6 is 15.9 Å². The van der Waals surface area contributed by atoms with Crippen LogP contribution in [0.2, 0.25) is 0 Å². The van der Waals surface area contributed by atoms with Gasteiger partial charge in [0.1, 0.15) is 0 Å². The van der Waals surface area contributed by atoms with Gasteiger partial charge in [-0.05, 0) is 25.3 Å². The van der Waals surface area contributed by atoms with Crippen LogP contribution in [0.1, 0.15) is 32.1 Å². The maximum atomic E-state index is 8.36. The van der Waals surface area contributed by atoms with E-state index in [-0.39, 0.29) is 0 Å². The van der Waals surface area contributed by atoms with Gasteiger partial charge in [0, 0.05) is 5.33 Å². The number of aliphatic hydroxyl groups excluding tert-OH is 1. The molecule has 0 radical (unpaired) electrons. The number of allylic oxidation sites excluding steroid dienone is 1. The van der Waals surface area contributed by atoms with Gasteiger partial charge < -0.3 is 10.2 Å². The van der Waals surface area contributed by atoms with Crippen molar-refractivity contribution in [2.45, 2.75) is 32.1 Å². The minimum absolute atomic E-state index is 0.550. The van der Waals surface area contributed by atoms with Gasteiger partial charge in [-0.2, -0.15) is 0 Å². The lowest BCUT2D eigenvalue weighted by Gasteiger charge is -1.95. The molecule has 0 aromatic heterocycles. The molecule has 0 unspecified atom stereocenters. The molecular formula is C8H15BrO2. The van der Waals surface area contributed by atoms with Crippen LogP contribution in [0.5, 0.6) is 0 Å². The average molecular weight is 223 g/mol. The highest BCUT2D eigenvalue weighted by atomic mass is 79.9. The summed E-state index contributed by atoms with van der Waals surface area (Å²) in [5.74, 6) is -0.550. The molecular weight excluding hydrogens is 208 g/mol. The van der Waals surface area contributed by atoms with E-state index in [1.54, 1.807) is 0 Å². The van der Waals surface area contributed by atoms with Crippen LogP contribution in [0.25, 0.3) is 0 Å². The number of hydrogen-bond donors (Lipinski definition) is 2. The van der Waals surface area contributed by atoms with Crippen LogP contribution in [-0.2, 0) is 0 Å². The first kappa shape index (κ1) is 10.8. The molecule has 2 N–H and O–H groups in total. The Kier molecular flexibility index (Phi) is 7.79. The average Bonchev–Trinajstić information content (AvgIpc) is 1.96. The number of rotatable bonds is 6. The van der Waals surface area contributed by atoms with Crippen molar-refractivity contribution >= 4 is 15.9 Å². The highest BCUT2D eigenvalue weighted by molar-refractivity contribution is 9.09. The second-order valence-corrected chi connectivity index (χ2v) is 3.25. The Hall–Kier alpha value is -0.180. The van der Waals surface area contributed by atoms with Crippen molar-refractivity contribution in [3.8, 4) is 0 Å². The Morgan fingerprint density at radius 2 is 1.73 bits per heavy atom. The Morgan fingerprint density at radius 3 is 2.27 bits per heavy atom. The first-order valence-electron chi connectivity index (χ1n) is 3.91. The van der Waals surface area contributed by atoms with Gasteiger partial charge in [-0.3, -0.25) is 0 Å². The van der Waals surface area contributed by atoms with E-state index in [9.17, 15) is 0 Å². The zero-order valence-corrected chi connectivity index (χ0v) is 8.18. The van der Waals surface area contributed by atoms with Gasteiger partial charge in [0.15, 0.2) is 0 Å². The van der Waals surface area contributed by atoms with E-state index in [0.717, 1.165) is 24.6 Å². The number of hydrogen-bond acceptors (Lipinski definition) is 2. The highest BCUT2D eigenvalue weighted by Gasteiger charge is 1.88. The van der Waals surface area contributed by atoms with E-state index < -0.39 is 5.95 Å². The maximum absolute atomic E-state index is 8.36. The molecule has 0 amide bonds. The number of unbranched alkanes of at least 4 members (excludes halogenated alkanes) is 4. The van der Waals surface area contributed by atoms with Gasteiger partial charge >= 0.3 is 0 Å². The monoisotopic (exact) mass is 222 g/mol. The van der Waals surface area contributed by atoms with E-state index in [0.29, 0.717) is 0 Å². The Bertz CT molecular complexity index is 109. The molecule has 0 rings (SSSR count). The topological polar surface area (TPSA) is 40.5 Å². The summed E-state index contributed by atoms with van der Waals surface area (Å²) in [5.41, 5.74) is 0. The van der Waals surface area contributed by atoms with Gasteiger partial charge in [-0.15, -0.1) is 0 Å². The lowest BCUT2D eigenvalue weighted by atomic mass is 10.1. The van der Waals surface area contributed by atoms with Crippen LogP contribution in [-0.4, -0.2) is 15.5 Å². The molecule has 0 fully saturated rings. The molecule has 0 heterocycles. The molecule has 11 heavy (non-hydrogen) atoms. The Morgan fingerprint density at radius 1 is 1.09 bits per heavy atom. The van der Waals surface area contributed by atoms with Gasteiger partial charge in [-0.1, -0.05) is 28.8 Å². The quantitative estimate of drug-likeness (QED) is 0.412. The molecule has 0 aromatic carbocycles. The summed E-state index contributed by atoms with van der Waals surface area (Å²) in [6.07, 6.45) is 6.83. The van der Waals surface area contributed by atoms with Crippen molar-refractivity contribution in [2.24, 2.45) is 0 Å². The molecule has 0 bridgehead atoms. The molecule has 0 aromatic rings. The van der Waals surface area contributed by atoms with Crippen LogP contribution < -0.4 is 0 Å². The Balaban J connectivity index is 2.97. The van der Waals surface area contributed by atoms with Gasteiger partial charge in [0.2, 0.25) is 0 Å². The zero-order valence-electron chi connectivity index (χ0n) is 6.59. The molecule has 0 spiro atoms. The first-order valence-corrected chi connectivity index (χ1v) is 5.03. The SMILES string of the molecule is OC(O)=CCCCCCCBr. The third-order valence-corrected chi connectivity index (χ3v) is 1.98. The number of halogens is 1. The molecule has 0 saturated carbocycles. The molecule has 66 valence electrons. The van der Waals surface area contributed by atoms with E-state index in [4.69, 9.17) is 10.2 Å². The van der Waals surface area contributed by atoms with Crippen molar-refractivity contribution < 1.29 is 10.2 Å². The summed E-state index contributed by atoms with van der Waals surface area (Å²) < 4.78 is 0. The molecule has 0 saturated heterocycles. The lowest BCUT2D eigenvalue weighted by molar-refractivity contribution is 0.189. The van der Waals surface area contributed by atoms with Crippen molar-refractivity contribution in [3.05, 3.63) is 12.0 Å². The van der Waals surface area contributed by atoms with Crippen LogP contribution in [0.15, 0.2) is 12.0 Å². The fourth-order valence-electron chi connectivity index (χ4n) is 0.824. The summed E-state index contributed by atoms with van der Waals surface area (Å²) in [6, 6.07) is 0. The summed E-state index contributed by atoms with van der Waals surface area (Å²) in [6.45, 7) is 0. The predicted octanol–water partition coefficient (Wildman–Crippen LogP) is 3.29. The number of alkyl halides is 1. The van der Waals surface area contributed by atoms with Crippen molar-refractivity contribution in [2.75, 3.05) is 5.33 Å². The largest absolute Gasteiger partial charge is 0.481 e. The van der Waals surface area contributed by atoms with Gasteiger partial charge in [0.25, 0.3) is 5.95 Å². The molecule has 2 nitrogen and oxygen atoms in total. The van der Waals surface area contributed by atoms with E-state index in [2.05, 4.69) is 15.9 Å². The summed E-state index contributed by atoms with van der Waals surface area (Å²) in [5, 5.41) is 17.8. The van der Waals surface area contributed by atoms with Crippen molar-refractivity contribution in [1.29, 1.82) is 0 Å². The summed E-state index contributed by atoms with van der Waals surface area (Å²) in [7, 11) is 0. The molecule has 0 aliphatic heterocycles. The molecule has 0 aliphatic rings. The number of aliphatic hydroxyl groups is 2. The third-order valence-electron chi connectivity index (χ3n) is 1.41. The summed E-state index contributed by atoms with van der Waals surface area (Å²) in [4.78, 5) is 0. The van der Waals surface area contributed by atoms with Crippen LogP contribution in [0, 0.1) is 0 Å². The molecule has 3 heteroatoms. The second kappa shape index (κ2) is 7.92. The third kappa shape index (κ3) is 9.82.